The Morgan fingerprint density at radius 2 is 1.88 bits per heavy atom. The average Bonchev–Trinajstić information content (AvgIpc) is 3.06. The lowest BCUT2D eigenvalue weighted by molar-refractivity contribution is -0.161. The van der Waals surface area contributed by atoms with Crippen molar-refractivity contribution >= 4 is 16.9 Å². The van der Waals surface area contributed by atoms with E-state index in [1.54, 1.807) is 50.4 Å². The molecule has 5 nitrogen and oxygen atoms in total. The van der Waals surface area contributed by atoms with Crippen molar-refractivity contribution in [2.75, 3.05) is 13.7 Å². The Bertz CT molecular complexity index is 850. The molecule has 124 valence electrons. The number of carbonyl (C=O) groups excluding carboxylic acids is 1. The normalized spacial score (nSPS) is 13.5. The summed E-state index contributed by atoms with van der Waals surface area (Å²) in [5, 5.41) is 12.0. The number of esters is 1. The molecule has 1 atom stereocenters. The van der Waals surface area contributed by atoms with Gasteiger partial charge in [-0.2, -0.15) is 0 Å². The van der Waals surface area contributed by atoms with Crippen molar-refractivity contribution in [2.45, 2.75) is 12.5 Å². The van der Waals surface area contributed by atoms with Gasteiger partial charge in [-0.25, -0.2) is 4.79 Å². The van der Waals surface area contributed by atoms with Crippen LogP contribution in [0, 0.1) is 0 Å². The first-order valence-electron chi connectivity index (χ1n) is 7.62. The van der Waals surface area contributed by atoms with Gasteiger partial charge in [0.05, 0.1) is 20.0 Å². The fraction of sp³-hybridized carbons (Fsp3) is 0.211. The molecule has 0 unspecified atom stereocenters. The van der Waals surface area contributed by atoms with E-state index >= 15 is 0 Å². The molecule has 0 saturated heterocycles. The van der Waals surface area contributed by atoms with E-state index in [2.05, 4.69) is 0 Å². The summed E-state index contributed by atoms with van der Waals surface area (Å²) in [4.78, 5) is 12.6. The molecule has 0 fully saturated rings. The molecule has 0 spiro atoms. The van der Waals surface area contributed by atoms with E-state index in [0.717, 1.165) is 0 Å². The Labute approximate surface area is 139 Å². The van der Waals surface area contributed by atoms with Gasteiger partial charge < -0.3 is 19.0 Å². The molecule has 1 heterocycles. The van der Waals surface area contributed by atoms with Gasteiger partial charge in [0.2, 0.25) is 5.60 Å². The fourth-order valence-corrected chi connectivity index (χ4v) is 2.71. The van der Waals surface area contributed by atoms with Gasteiger partial charge in [0, 0.05) is 10.9 Å². The third-order valence-corrected chi connectivity index (χ3v) is 3.95. The van der Waals surface area contributed by atoms with Crippen molar-refractivity contribution in [3.05, 3.63) is 65.9 Å². The molecule has 0 radical (unpaired) electrons. The highest BCUT2D eigenvalue weighted by Crippen LogP contribution is 2.37. The molecule has 2 aromatic carbocycles. The molecular formula is C19H18O5. The lowest BCUT2D eigenvalue weighted by Crippen LogP contribution is -2.38. The van der Waals surface area contributed by atoms with E-state index in [1.807, 2.05) is 12.1 Å². The molecule has 0 amide bonds. The van der Waals surface area contributed by atoms with Crippen LogP contribution in [0.4, 0.5) is 0 Å². The summed E-state index contributed by atoms with van der Waals surface area (Å²) in [7, 11) is 1.55. The predicted molar refractivity (Wildman–Crippen MR) is 88.8 cm³/mol. The van der Waals surface area contributed by atoms with Gasteiger partial charge in [-0.15, -0.1) is 0 Å². The van der Waals surface area contributed by atoms with Crippen molar-refractivity contribution in [3.63, 3.8) is 0 Å². The van der Waals surface area contributed by atoms with Crippen molar-refractivity contribution in [1.29, 1.82) is 0 Å². The van der Waals surface area contributed by atoms with E-state index < -0.39 is 11.6 Å². The fourth-order valence-electron chi connectivity index (χ4n) is 2.71. The van der Waals surface area contributed by atoms with E-state index in [4.69, 9.17) is 13.9 Å². The SMILES string of the molecule is CCOC(=O)[C@@](O)(c1ccc(OC)cc1)c1coc2ccccc12. The quantitative estimate of drug-likeness (QED) is 0.729. The van der Waals surface area contributed by atoms with Gasteiger partial charge in [-0.1, -0.05) is 30.3 Å². The Balaban J connectivity index is 2.20. The first kappa shape index (κ1) is 16.1. The minimum absolute atomic E-state index is 0.160. The zero-order valence-electron chi connectivity index (χ0n) is 13.5. The van der Waals surface area contributed by atoms with E-state index in [9.17, 15) is 9.90 Å². The molecule has 0 aliphatic carbocycles. The van der Waals surface area contributed by atoms with Crippen molar-refractivity contribution in [1.82, 2.24) is 0 Å². The standard InChI is InChI=1S/C19H18O5/c1-3-23-18(20)19(21,13-8-10-14(22-2)11-9-13)16-12-24-17-7-5-4-6-15(16)17/h4-12,21H,3H2,1-2H3/t19-/m1/s1. The Morgan fingerprint density at radius 1 is 1.17 bits per heavy atom. The maximum absolute atomic E-state index is 12.6. The lowest BCUT2D eigenvalue weighted by atomic mass is 9.86. The van der Waals surface area contributed by atoms with Crippen LogP contribution in [0.1, 0.15) is 18.1 Å². The summed E-state index contributed by atoms with van der Waals surface area (Å²) in [6.45, 7) is 1.85. The molecule has 0 saturated carbocycles. The van der Waals surface area contributed by atoms with E-state index in [0.29, 0.717) is 27.8 Å². The molecule has 1 aromatic heterocycles. The number of aliphatic hydroxyl groups is 1. The van der Waals surface area contributed by atoms with Crippen LogP contribution in [0.3, 0.4) is 0 Å². The van der Waals surface area contributed by atoms with Gasteiger partial charge in [0.25, 0.3) is 0 Å². The number of rotatable bonds is 5. The van der Waals surface area contributed by atoms with Crippen LogP contribution in [0.15, 0.2) is 59.2 Å². The first-order valence-corrected chi connectivity index (χ1v) is 7.62. The number of ether oxygens (including phenoxy) is 2. The number of furan rings is 1. The monoisotopic (exact) mass is 326 g/mol. The summed E-state index contributed by atoms with van der Waals surface area (Å²) in [6.07, 6.45) is 1.39. The Morgan fingerprint density at radius 3 is 2.54 bits per heavy atom. The highest BCUT2D eigenvalue weighted by molar-refractivity contribution is 5.93. The molecule has 5 heteroatoms. The van der Waals surface area contributed by atoms with Crippen molar-refractivity contribution in [2.24, 2.45) is 0 Å². The smallest absolute Gasteiger partial charge is 0.347 e. The summed E-state index contributed by atoms with van der Waals surface area (Å²) in [5.74, 6) is -0.122. The molecule has 0 bridgehead atoms. The minimum atomic E-state index is -1.96. The predicted octanol–water partition coefficient (Wildman–Crippen LogP) is 3.24. The van der Waals surface area contributed by atoms with Crippen LogP contribution in [-0.4, -0.2) is 24.8 Å². The summed E-state index contributed by atoms with van der Waals surface area (Å²) in [5.41, 5.74) is -0.645. The van der Waals surface area contributed by atoms with Crippen LogP contribution in [0.25, 0.3) is 11.0 Å². The number of hydrogen-bond acceptors (Lipinski definition) is 5. The summed E-state index contributed by atoms with van der Waals surface area (Å²) in [6, 6.07) is 13.9. The van der Waals surface area contributed by atoms with E-state index in [-0.39, 0.29) is 6.61 Å². The maximum Gasteiger partial charge on any atom is 0.347 e. The number of benzene rings is 2. The van der Waals surface area contributed by atoms with Crippen LogP contribution in [0.5, 0.6) is 5.75 Å². The van der Waals surface area contributed by atoms with Crippen molar-refractivity contribution < 1.29 is 23.8 Å². The zero-order valence-corrected chi connectivity index (χ0v) is 13.5. The third-order valence-electron chi connectivity index (χ3n) is 3.95. The molecule has 3 aromatic rings. The van der Waals surface area contributed by atoms with Crippen LogP contribution in [0.2, 0.25) is 0 Å². The second kappa shape index (κ2) is 6.37. The Kier molecular flexibility index (Phi) is 4.27. The Hall–Kier alpha value is -2.79. The molecule has 3 rings (SSSR count). The second-order valence-corrected chi connectivity index (χ2v) is 5.30. The number of hydrogen-bond donors (Lipinski definition) is 1. The van der Waals surface area contributed by atoms with Crippen LogP contribution >= 0.6 is 0 Å². The molecule has 0 aliphatic rings. The number of carbonyl (C=O) groups is 1. The average molecular weight is 326 g/mol. The van der Waals surface area contributed by atoms with Gasteiger partial charge in [0.1, 0.15) is 11.3 Å². The summed E-state index contributed by atoms with van der Waals surface area (Å²) >= 11 is 0. The van der Waals surface area contributed by atoms with Crippen LogP contribution in [-0.2, 0) is 15.1 Å². The second-order valence-electron chi connectivity index (χ2n) is 5.30. The van der Waals surface area contributed by atoms with Crippen LogP contribution < -0.4 is 4.74 Å². The maximum atomic E-state index is 12.6. The van der Waals surface area contributed by atoms with E-state index in [1.165, 1.54) is 6.26 Å². The molecular weight excluding hydrogens is 308 g/mol. The molecule has 24 heavy (non-hydrogen) atoms. The third kappa shape index (κ3) is 2.53. The van der Waals surface area contributed by atoms with Gasteiger partial charge in [-0.05, 0) is 30.7 Å². The highest BCUT2D eigenvalue weighted by Gasteiger charge is 2.44. The van der Waals surface area contributed by atoms with Gasteiger partial charge in [-0.3, -0.25) is 0 Å². The lowest BCUT2D eigenvalue weighted by Gasteiger charge is -2.25. The largest absolute Gasteiger partial charge is 0.497 e. The topological polar surface area (TPSA) is 68.9 Å². The van der Waals surface area contributed by atoms with Gasteiger partial charge in [0.15, 0.2) is 0 Å². The molecule has 0 aliphatic heterocycles. The zero-order chi connectivity index (χ0) is 17.2. The molecule has 1 N–H and O–H groups in total. The first-order chi connectivity index (χ1) is 11.6. The van der Waals surface area contributed by atoms with Crippen molar-refractivity contribution in [3.8, 4) is 5.75 Å². The highest BCUT2D eigenvalue weighted by atomic mass is 16.5. The number of para-hydroxylation sites is 1. The number of fused-ring (bicyclic) bond motifs is 1. The van der Waals surface area contributed by atoms with Gasteiger partial charge >= 0.3 is 5.97 Å². The summed E-state index contributed by atoms with van der Waals surface area (Å²) < 4.78 is 15.8. The number of methoxy groups -OCH3 is 1. The minimum Gasteiger partial charge on any atom is -0.497 e.